The summed E-state index contributed by atoms with van der Waals surface area (Å²) in [7, 11) is 0. The van der Waals surface area contributed by atoms with Gasteiger partial charge in [-0.05, 0) is 18.6 Å². The number of carbonyl (C=O) groups excluding carboxylic acids is 1. The summed E-state index contributed by atoms with van der Waals surface area (Å²) in [5.74, 6) is 2.27. The van der Waals surface area contributed by atoms with Crippen molar-refractivity contribution in [1.29, 1.82) is 0 Å². The SMILES string of the molecule is C#CC(C)Nc1cc2c(cc1[N+](=O)[O-])CC(=O)N2. The lowest BCUT2D eigenvalue weighted by Crippen LogP contribution is -2.13. The third-order valence-electron chi connectivity index (χ3n) is 2.67. The summed E-state index contributed by atoms with van der Waals surface area (Å²) in [5, 5.41) is 16.5. The Morgan fingerprint density at radius 2 is 2.33 bits per heavy atom. The number of nitrogens with zero attached hydrogens (tertiary/aromatic N) is 1. The fourth-order valence-corrected chi connectivity index (χ4v) is 1.80. The van der Waals surface area contributed by atoms with Gasteiger partial charge >= 0.3 is 0 Å². The van der Waals surface area contributed by atoms with Gasteiger partial charge < -0.3 is 10.6 Å². The van der Waals surface area contributed by atoms with Crippen LogP contribution in [0.2, 0.25) is 0 Å². The molecule has 1 heterocycles. The Hall–Kier alpha value is -2.55. The predicted octanol–water partition coefficient (Wildman–Crippen LogP) is 1.52. The fourth-order valence-electron chi connectivity index (χ4n) is 1.80. The van der Waals surface area contributed by atoms with E-state index in [0.29, 0.717) is 16.9 Å². The van der Waals surface area contributed by atoms with Crippen molar-refractivity contribution in [2.75, 3.05) is 10.6 Å². The molecule has 0 bridgehead atoms. The van der Waals surface area contributed by atoms with Crippen LogP contribution in [0.4, 0.5) is 17.1 Å². The van der Waals surface area contributed by atoms with Crippen molar-refractivity contribution < 1.29 is 9.72 Å². The Kier molecular flexibility index (Phi) is 2.90. The monoisotopic (exact) mass is 245 g/mol. The zero-order valence-electron chi connectivity index (χ0n) is 9.69. The highest BCUT2D eigenvalue weighted by atomic mass is 16.6. The van der Waals surface area contributed by atoms with Crippen molar-refractivity contribution in [1.82, 2.24) is 0 Å². The third kappa shape index (κ3) is 2.11. The van der Waals surface area contributed by atoms with Gasteiger partial charge in [-0.25, -0.2) is 0 Å². The normalized spacial score (nSPS) is 14.3. The fraction of sp³-hybridized carbons (Fsp3) is 0.250. The first-order valence-electron chi connectivity index (χ1n) is 5.35. The highest BCUT2D eigenvalue weighted by Gasteiger charge is 2.24. The van der Waals surface area contributed by atoms with Gasteiger partial charge in [0.25, 0.3) is 5.69 Å². The summed E-state index contributed by atoms with van der Waals surface area (Å²) in [6.45, 7) is 1.72. The van der Waals surface area contributed by atoms with E-state index in [1.54, 1.807) is 13.0 Å². The van der Waals surface area contributed by atoms with E-state index in [-0.39, 0.29) is 24.1 Å². The van der Waals surface area contributed by atoms with Gasteiger partial charge in [0.15, 0.2) is 0 Å². The summed E-state index contributed by atoms with van der Waals surface area (Å²) >= 11 is 0. The molecule has 1 amide bonds. The molecular formula is C12H11N3O3. The molecule has 0 spiro atoms. The number of hydrogen-bond acceptors (Lipinski definition) is 4. The molecule has 1 unspecified atom stereocenters. The van der Waals surface area contributed by atoms with Crippen LogP contribution in [0.5, 0.6) is 0 Å². The van der Waals surface area contributed by atoms with Crippen LogP contribution in [0, 0.1) is 22.5 Å². The van der Waals surface area contributed by atoms with Gasteiger partial charge in [-0.1, -0.05) is 5.92 Å². The maximum atomic E-state index is 11.2. The van der Waals surface area contributed by atoms with Crippen LogP contribution in [0.25, 0.3) is 0 Å². The zero-order valence-corrected chi connectivity index (χ0v) is 9.69. The highest BCUT2D eigenvalue weighted by Crippen LogP contribution is 2.34. The molecular weight excluding hydrogens is 234 g/mol. The number of nitro groups is 1. The molecule has 0 fully saturated rings. The molecule has 2 rings (SSSR count). The number of terminal acetylenes is 1. The van der Waals surface area contributed by atoms with Crippen LogP contribution in [0.15, 0.2) is 12.1 Å². The first-order valence-corrected chi connectivity index (χ1v) is 5.35. The van der Waals surface area contributed by atoms with E-state index < -0.39 is 4.92 Å². The van der Waals surface area contributed by atoms with E-state index in [1.807, 2.05) is 0 Å². The zero-order chi connectivity index (χ0) is 13.3. The van der Waals surface area contributed by atoms with E-state index in [0.717, 1.165) is 0 Å². The number of nitro benzene ring substituents is 1. The number of carbonyl (C=O) groups is 1. The van der Waals surface area contributed by atoms with Gasteiger partial charge in [0.2, 0.25) is 5.91 Å². The summed E-state index contributed by atoms with van der Waals surface area (Å²) in [4.78, 5) is 21.7. The number of nitrogens with one attached hydrogen (secondary N) is 2. The van der Waals surface area contributed by atoms with Crippen LogP contribution in [0.1, 0.15) is 12.5 Å². The second kappa shape index (κ2) is 4.37. The molecule has 6 nitrogen and oxygen atoms in total. The number of fused-ring (bicyclic) bond motifs is 1. The Morgan fingerprint density at radius 3 is 2.94 bits per heavy atom. The Labute approximate surface area is 104 Å². The van der Waals surface area contributed by atoms with Crippen LogP contribution in [0.3, 0.4) is 0 Å². The molecule has 1 aliphatic heterocycles. The lowest BCUT2D eigenvalue weighted by Gasteiger charge is -2.11. The van der Waals surface area contributed by atoms with Gasteiger partial charge in [-0.15, -0.1) is 6.42 Å². The van der Waals surface area contributed by atoms with Gasteiger partial charge in [-0.2, -0.15) is 0 Å². The van der Waals surface area contributed by atoms with E-state index >= 15 is 0 Å². The molecule has 0 radical (unpaired) electrons. The van der Waals surface area contributed by atoms with Gasteiger partial charge in [0.05, 0.1) is 17.4 Å². The maximum Gasteiger partial charge on any atom is 0.292 e. The Balaban J connectivity index is 2.45. The predicted molar refractivity (Wildman–Crippen MR) is 67.3 cm³/mol. The molecule has 0 saturated carbocycles. The van der Waals surface area contributed by atoms with E-state index in [1.165, 1.54) is 6.07 Å². The van der Waals surface area contributed by atoms with E-state index in [9.17, 15) is 14.9 Å². The molecule has 6 heteroatoms. The van der Waals surface area contributed by atoms with E-state index in [2.05, 4.69) is 16.6 Å². The molecule has 1 aromatic rings. The van der Waals surface area contributed by atoms with Crippen molar-refractivity contribution in [3.05, 3.63) is 27.8 Å². The topological polar surface area (TPSA) is 84.3 Å². The second-order valence-electron chi connectivity index (χ2n) is 4.04. The van der Waals surface area contributed by atoms with Crippen LogP contribution in [-0.2, 0) is 11.2 Å². The second-order valence-corrected chi connectivity index (χ2v) is 4.04. The number of anilines is 2. The molecule has 0 aromatic heterocycles. The molecule has 0 saturated heterocycles. The lowest BCUT2D eigenvalue weighted by molar-refractivity contribution is -0.384. The minimum Gasteiger partial charge on any atom is -0.366 e. The van der Waals surface area contributed by atoms with Crippen molar-refractivity contribution >= 4 is 23.0 Å². The maximum absolute atomic E-state index is 11.2. The molecule has 1 aliphatic rings. The van der Waals surface area contributed by atoms with E-state index in [4.69, 9.17) is 6.42 Å². The average Bonchev–Trinajstić information content (AvgIpc) is 2.66. The summed E-state index contributed by atoms with van der Waals surface area (Å²) < 4.78 is 0. The number of benzene rings is 1. The van der Waals surface area contributed by atoms with Crippen LogP contribution >= 0.6 is 0 Å². The number of amides is 1. The standard InChI is InChI=1S/C12H11N3O3/c1-3-7(2)13-10-6-9-8(5-12(16)14-9)4-11(10)15(17)18/h1,4,6-7,13H,5H2,2H3,(H,14,16). The lowest BCUT2D eigenvalue weighted by atomic mass is 10.1. The summed E-state index contributed by atoms with van der Waals surface area (Å²) in [5.41, 5.74) is 1.46. The van der Waals surface area contributed by atoms with Crippen LogP contribution < -0.4 is 10.6 Å². The first kappa shape index (κ1) is 11.9. The minimum absolute atomic E-state index is 0.0765. The molecule has 2 N–H and O–H groups in total. The van der Waals surface area contributed by atoms with Gasteiger partial charge in [0.1, 0.15) is 5.69 Å². The smallest absolute Gasteiger partial charge is 0.292 e. The average molecular weight is 245 g/mol. The third-order valence-corrected chi connectivity index (χ3v) is 2.67. The van der Waals surface area contributed by atoms with Crippen LogP contribution in [-0.4, -0.2) is 16.9 Å². The van der Waals surface area contributed by atoms with Gasteiger partial charge in [0, 0.05) is 11.8 Å². The van der Waals surface area contributed by atoms with Crippen molar-refractivity contribution in [3.63, 3.8) is 0 Å². The van der Waals surface area contributed by atoms with Gasteiger partial charge in [-0.3, -0.25) is 14.9 Å². The largest absolute Gasteiger partial charge is 0.366 e. The summed E-state index contributed by atoms with van der Waals surface area (Å²) in [6, 6.07) is 2.62. The highest BCUT2D eigenvalue weighted by molar-refractivity contribution is 6.00. The van der Waals surface area contributed by atoms with Crippen molar-refractivity contribution in [3.8, 4) is 12.3 Å². The minimum atomic E-state index is -0.491. The summed E-state index contributed by atoms with van der Waals surface area (Å²) in [6.07, 6.45) is 5.40. The molecule has 1 atom stereocenters. The Bertz CT molecular complexity index is 575. The Morgan fingerprint density at radius 1 is 1.61 bits per heavy atom. The molecule has 1 aromatic carbocycles. The van der Waals surface area contributed by atoms with Crippen molar-refractivity contribution in [2.24, 2.45) is 0 Å². The first-order chi connectivity index (χ1) is 8.51. The molecule has 18 heavy (non-hydrogen) atoms. The quantitative estimate of drug-likeness (QED) is 0.480. The molecule has 92 valence electrons. The van der Waals surface area contributed by atoms with Crippen molar-refractivity contribution in [2.45, 2.75) is 19.4 Å². The molecule has 0 aliphatic carbocycles. The number of rotatable bonds is 3. The number of hydrogen-bond donors (Lipinski definition) is 2.